The Morgan fingerprint density at radius 1 is 1.00 bits per heavy atom. The molecule has 2 rings (SSSR count). The first-order valence-corrected chi connectivity index (χ1v) is 9.79. The van der Waals surface area contributed by atoms with Gasteiger partial charge in [0.05, 0.1) is 46.4 Å². The monoisotopic (exact) mass is 465 g/mol. The molecule has 0 aliphatic carbocycles. The number of pyridine rings is 1. The summed E-state index contributed by atoms with van der Waals surface area (Å²) >= 11 is 0. The number of hydrogen-bond acceptors (Lipinski definition) is 8. The van der Waals surface area contributed by atoms with Crippen molar-refractivity contribution in [2.75, 3.05) is 34.5 Å². The minimum atomic E-state index is -0.288. The van der Waals surface area contributed by atoms with Crippen molar-refractivity contribution in [1.29, 1.82) is 0 Å². The molecule has 0 atom stereocenters. The smallest absolute Gasteiger partial charge is 0.305 e. The third kappa shape index (κ3) is 7.46. The highest BCUT2D eigenvalue weighted by atomic mass is 35.5. The maximum atomic E-state index is 12.7. The van der Waals surface area contributed by atoms with Gasteiger partial charge in [0.2, 0.25) is 0 Å². The second-order valence-electron chi connectivity index (χ2n) is 6.25. The van der Waals surface area contributed by atoms with E-state index in [2.05, 4.69) is 4.98 Å². The number of carbonyl (C=O) groups is 2. The molecule has 1 heterocycles. The second kappa shape index (κ2) is 13.9. The molecule has 1 aromatic heterocycles. The number of hydrogen-bond donors (Lipinski definition) is 0. The number of benzene rings is 1. The zero-order valence-electron chi connectivity index (χ0n) is 18.6. The van der Waals surface area contributed by atoms with E-state index in [0.29, 0.717) is 53.9 Å². The Bertz CT molecular complexity index is 908. The largest absolute Gasteiger partial charge is 0.496 e. The van der Waals surface area contributed by atoms with Crippen LogP contribution >= 0.6 is 12.4 Å². The average Bonchev–Trinajstić information content (AvgIpc) is 2.79. The third-order valence-corrected chi connectivity index (χ3v) is 4.24. The van der Waals surface area contributed by atoms with Gasteiger partial charge in [0, 0.05) is 12.5 Å². The van der Waals surface area contributed by atoms with Crippen molar-refractivity contribution in [3.05, 3.63) is 47.8 Å². The normalized spacial score (nSPS) is 10.2. The van der Waals surface area contributed by atoms with E-state index in [0.717, 1.165) is 0 Å². The van der Waals surface area contributed by atoms with Crippen LogP contribution < -0.4 is 18.9 Å². The highest BCUT2D eigenvalue weighted by Crippen LogP contribution is 2.30. The molecule has 0 amide bonds. The number of esters is 1. The molecular weight excluding hydrogens is 438 g/mol. The van der Waals surface area contributed by atoms with Gasteiger partial charge in [-0.1, -0.05) is 6.07 Å². The lowest BCUT2D eigenvalue weighted by atomic mass is 10.1. The van der Waals surface area contributed by atoms with E-state index in [4.69, 9.17) is 23.7 Å². The van der Waals surface area contributed by atoms with Gasteiger partial charge in [0.15, 0.2) is 17.3 Å². The average molecular weight is 466 g/mol. The molecule has 174 valence electrons. The lowest BCUT2D eigenvalue weighted by molar-refractivity contribution is -0.143. The minimum Gasteiger partial charge on any atom is -0.496 e. The maximum absolute atomic E-state index is 12.7. The van der Waals surface area contributed by atoms with Gasteiger partial charge in [0.1, 0.15) is 17.1 Å². The number of carbonyl (C=O) groups excluding carboxylic acids is 2. The van der Waals surface area contributed by atoms with Crippen molar-refractivity contribution in [1.82, 2.24) is 4.98 Å². The van der Waals surface area contributed by atoms with Gasteiger partial charge in [0.25, 0.3) is 0 Å². The summed E-state index contributed by atoms with van der Waals surface area (Å²) < 4.78 is 26.4. The van der Waals surface area contributed by atoms with Gasteiger partial charge in [-0.25, -0.2) is 0 Å². The fourth-order valence-electron chi connectivity index (χ4n) is 2.77. The van der Waals surface area contributed by atoms with Crippen LogP contribution in [0, 0.1) is 0 Å². The zero-order valence-corrected chi connectivity index (χ0v) is 19.4. The van der Waals surface area contributed by atoms with Crippen LogP contribution in [0.3, 0.4) is 0 Å². The van der Waals surface area contributed by atoms with Crippen LogP contribution in [0.25, 0.3) is 6.08 Å². The van der Waals surface area contributed by atoms with Crippen molar-refractivity contribution in [3.8, 4) is 23.0 Å². The van der Waals surface area contributed by atoms with E-state index in [1.807, 2.05) is 0 Å². The zero-order chi connectivity index (χ0) is 22.6. The molecule has 32 heavy (non-hydrogen) atoms. The maximum Gasteiger partial charge on any atom is 0.305 e. The van der Waals surface area contributed by atoms with Crippen molar-refractivity contribution < 1.29 is 33.3 Å². The van der Waals surface area contributed by atoms with Crippen molar-refractivity contribution in [2.24, 2.45) is 0 Å². The molecular formula is C23H28ClNO7. The third-order valence-electron chi connectivity index (χ3n) is 4.24. The van der Waals surface area contributed by atoms with Crippen molar-refractivity contribution in [3.63, 3.8) is 0 Å². The Balaban J connectivity index is 0.00000512. The molecule has 8 nitrogen and oxygen atoms in total. The first-order valence-electron chi connectivity index (χ1n) is 9.79. The molecule has 0 aliphatic rings. The van der Waals surface area contributed by atoms with E-state index in [1.54, 1.807) is 37.3 Å². The Hall–Kier alpha value is -3.26. The topological polar surface area (TPSA) is 93.2 Å². The lowest BCUT2D eigenvalue weighted by Crippen LogP contribution is -2.07. The van der Waals surface area contributed by atoms with Gasteiger partial charge in [-0.05, 0) is 37.6 Å². The van der Waals surface area contributed by atoms with Crippen LogP contribution in [0.2, 0.25) is 0 Å². The first kappa shape index (κ1) is 26.8. The highest BCUT2D eigenvalue weighted by molar-refractivity contribution is 6.10. The van der Waals surface area contributed by atoms with Gasteiger partial charge in [-0.2, -0.15) is 0 Å². The molecule has 0 saturated carbocycles. The van der Waals surface area contributed by atoms with Gasteiger partial charge >= 0.3 is 5.97 Å². The van der Waals surface area contributed by atoms with Gasteiger partial charge < -0.3 is 23.7 Å². The standard InChI is InChI=1S/C23H27NO7.ClH/c1-5-30-22(26)10-7-13-31-20-14-16(24-15-21(20)29-4)11-12-17(25)23-18(27-2)8-6-9-19(23)28-3;/h6,8-9,11-12,14-15H,5,7,10,13H2,1-4H3;1H. The first-order chi connectivity index (χ1) is 15.0. The summed E-state index contributed by atoms with van der Waals surface area (Å²) in [6.45, 7) is 2.42. The molecule has 0 saturated heterocycles. The van der Waals surface area contributed by atoms with E-state index in [-0.39, 0.29) is 30.6 Å². The SMILES string of the molecule is CCOC(=O)CCCOc1cc(C=CC(=O)c2c(OC)cccc2OC)ncc1OC.Cl. The molecule has 0 unspecified atom stereocenters. The predicted molar refractivity (Wildman–Crippen MR) is 122 cm³/mol. The van der Waals surface area contributed by atoms with E-state index >= 15 is 0 Å². The van der Waals surface area contributed by atoms with E-state index in [1.165, 1.54) is 33.6 Å². The fourth-order valence-corrected chi connectivity index (χ4v) is 2.77. The molecule has 0 N–H and O–H groups in total. The van der Waals surface area contributed by atoms with Gasteiger partial charge in [-0.15, -0.1) is 12.4 Å². The van der Waals surface area contributed by atoms with Crippen molar-refractivity contribution in [2.45, 2.75) is 19.8 Å². The molecule has 1 aromatic carbocycles. The molecule has 0 fully saturated rings. The number of methoxy groups -OCH3 is 3. The molecule has 9 heteroatoms. The van der Waals surface area contributed by atoms with Crippen LogP contribution in [0.4, 0.5) is 0 Å². The Morgan fingerprint density at radius 2 is 1.66 bits per heavy atom. The van der Waals surface area contributed by atoms with Crippen LogP contribution in [-0.4, -0.2) is 51.3 Å². The summed E-state index contributed by atoms with van der Waals surface area (Å²) in [6.07, 6.45) is 5.23. The molecule has 0 radical (unpaired) electrons. The summed E-state index contributed by atoms with van der Waals surface area (Å²) in [6, 6.07) is 6.79. The Morgan fingerprint density at radius 3 is 2.25 bits per heavy atom. The second-order valence-corrected chi connectivity index (χ2v) is 6.25. The van der Waals surface area contributed by atoms with Crippen LogP contribution in [0.15, 0.2) is 36.5 Å². The number of rotatable bonds is 12. The highest BCUT2D eigenvalue weighted by Gasteiger charge is 2.16. The molecule has 0 spiro atoms. The van der Waals surface area contributed by atoms with Crippen molar-refractivity contribution >= 4 is 30.2 Å². The number of ether oxygens (including phenoxy) is 5. The summed E-state index contributed by atoms with van der Waals surface area (Å²) in [5.74, 6) is 1.20. The number of allylic oxidation sites excluding steroid dienone is 1. The summed E-state index contributed by atoms with van der Waals surface area (Å²) in [7, 11) is 4.49. The van der Waals surface area contributed by atoms with Crippen LogP contribution in [0.5, 0.6) is 23.0 Å². The number of ketones is 1. The molecule has 0 aliphatic heterocycles. The summed E-state index contributed by atoms with van der Waals surface area (Å²) in [4.78, 5) is 28.4. The number of aromatic nitrogens is 1. The molecule has 0 bridgehead atoms. The van der Waals surface area contributed by atoms with Crippen LogP contribution in [-0.2, 0) is 9.53 Å². The Kier molecular flexibility index (Phi) is 11.7. The van der Waals surface area contributed by atoms with Crippen LogP contribution in [0.1, 0.15) is 35.8 Å². The minimum absolute atomic E-state index is 0. The van der Waals surface area contributed by atoms with Gasteiger partial charge in [-0.3, -0.25) is 14.6 Å². The number of halogens is 1. The fraction of sp³-hybridized carbons (Fsp3) is 0.348. The van der Waals surface area contributed by atoms with E-state index < -0.39 is 0 Å². The van der Waals surface area contributed by atoms with E-state index in [9.17, 15) is 9.59 Å². The quantitative estimate of drug-likeness (QED) is 0.200. The lowest BCUT2D eigenvalue weighted by Gasteiger charge is -2.11. The summed E-state index contributed by atoms with van der Waals surface area (Å²) in [5.41, 5.74) is 0.830. The predicted octanol–water partition coefficient (Wildman–Crippen LogP) is 4.15. The summed E-state index contributed by atoms with van der Waals surface area (Å²) in [5, 5.41) is 0. The molecule has 2 aromatic rings. The Labute approximate surface area is 193 Å². The number of nitrogens with zero attached hydrogens (tertiary/aromatic N) is 1.